The molecule has 3 rings (SSSR count). The average Bonchev–Trinajstić information content (AvgIpc) is 2.54. The molecule has 3 nitrogen and oxygen atoms in total. The molecule has 0 radical (unpaired) electrons. The summed E-state index contributed by atoms with van der Waals surface area (Å²) in [5.41, 5.74) is 1.38. The monoisotopic (exact) mass is 337 g/mol. The Labute approximate surface area is 141 Å². The smallest absolute Gasteiger partial charge is 0.303 e. The lowest BCUT2D eigenvalue weighted by atomic mass is 9.65. The second kappa shape index (κ2) is 6.69. The third kappa shape index (κ3) is 3.55. The zero-order chi connectivity index (χ0) is 17.3. The van der Waals surface area contributed by atoms with Gasteiger partial charge in [0.1, 0.15) is 0 Å². The van der Waals surface area contributed by atoms with Crippen LogP contribution in [-0.4, -0.2) is 24.2 Å². The van der Waals surface area contributed by atoms with E-state index in [0.717, 1.165) is 57.2 Å². The number of hydrogen-bond acceptors (Lipinski definition) is 2. The number of nitrogens with zero attached hydrogens (tertiary/aromatic N) is 1. The van der Waals surface area contributed by atoms with Crippen LogP contribution < -0.4 is 4.90 Å². The Kier molecular flexibility index (Phi) is 4.79. The van der Waals surface area contributed by atoms with E-state index in [0.29, 0.717) is 11.6 Å². The number of carbonyl (C=O) groups is 1. The summed E-state index contributed by atoms with van der Waals surface area (Å²) in [6, 6.07) is 2.95. The fourth-order valence-electron chi connectivity index (χ4n) is 4.40. The van der Waals surface area contributed by atoms with Gasteiger partial charge in [0.05, 0.1) is 5.69 Å². The van der Waals surface area contributed by atoms with E-state index in [2.05, 4.69) is 0 Å². The number of aliphatic carboxylic acids is 1. The van der Waals surface area contributed by atoms with E-state index in [-0.39, 0.29) is 11.8 Å². The van der Waals surface area contributed by atoms with E-state index >= 15 is 0 Å². The number of carboxylic acid groups (broad SMARTS) is 1. The van der Waals surface area contributed by atoms with E-state index in [4.69, 9.17) is 5.11 Å². The zero-order valence-electron chi connectivity index (χ0n) is 14.2. The molecule has 0 atom stereocenters. The van der Waals surface area contributed by atoms with Crippen LogP contribution in [0.5, 0.6) is 0 Å². The number of anilines is 1. The van der Waals surface area contributed by atoms with Crippen LogP contribution in [0.15, 0.2) is 12.1 Å². The SMILES string of the molecule is Cc1cc(F)c(F)c(N2CCC3(CCC(CC(=O)O)CC3)CC2)c1. The molecule has 0 unspecified atom stereocenters. The number of aryl methyl sites for hydroxylation is 1. The Hall–Kier alpha value is -1.65. The molecular formula is C19H25F2NO2. The number of benzene rings is 1. The minimum atomic E-state index is -0.778. The second-order valence-corrected chi connectivity index (χ2v) is 7.61. The van der Waals surface area contributed by atoms with Crippen LogP contribution >= 0.6 is 0 Å². The summed E-state index contributed by atoms with van der Waals surface area (Å²) in [7, 11) is 0. The van der Waals surface area contributed by atoms with Crippen molar-refractivity contribution >= 4 is 11.7 Å². The number of halogens is 2. The van der Waals surface area contributed by atoms with E-state index in [9.17, 15) is 13.6 Å². The summed E-state index contributed by atoms with van der Waals surface area (Å²) in [4.78, 5) is 12.8. The van der Waals surface area contributed by atoms with Crippen LogP contribution in [0.25, 0.3) is 0 Å². The maximum absolute atomic E-state index is 14.1. The lowest BCUT2D eigenvalue weighted by Gasteiger charge is -2.46. The first kappa shape index (κ1) is 17.2. The predicted octanol–water partition coefficient (Wildman–Crippen LogP) is 4.52. The quantitative estimate of drug-likeness (QED) is 0.881. The summed E-state index contributed by atoms with van der Waals surface area (Å²) < 4.78 is 27.7. The molecule has 1 aromatic carbocycles. The number of rotatable bonds is 3. The molecule has 1 heterocycles. The molecule has 1 saturated carbocycles. The maximum Gasteiger partial charge on any atom is 0.303 e. The number of carboxylic acids is 1. The molecule has 0 amide bonds. The fourth-order valence-corrected chi connectivity index (χ4v) is 4.40. The first-order valence-electron chi connectivity index (χ1n) is 8.81. The van der Waals surface area contributed by atoms with E-state index in [1.54, 1.807) is 13.0 Å². The van der Waals surface area contributed by atoms with Crippen molar-refractivity contribution in [3.8, 4) is 0 Å². The van der Waals surface area contributed by atoms with Gasteiger partial charge in [-0.05, 0) is 74.5 Å². The van der Waals surface area contributed by atoms with Crippen LogP contribution in [0.4, 0.5) is 14.5 Å². The summed E-state index contributed by atoms with van der Waals surface area (Å²) in [6.45, 7) is 3.26. The first-order chi connectivity index (χ1) is 11.4. The van der Waals surface area contributed by atoms with Gasteiger partial charge in [0.2, 0.25) is 0 Å². The van der Waals surface area contributed by atoms with Crippen molar-refractivity contribution in [1.29, 1.82) is 0 Å². The average molecular weight is 337 g/mol. The van der Waals surface area contributed by atoms with Crippen LogP contribution in [0.3, 0.4) is 0 Å². The molecule has 0 aromatic heterocycles. The normalized spacial score (nSPS) is 21.2. The Balaban J connectivity index is 1.62. The van der Waals surface area contributed by atoms with Crippen molar-refractivity contribution in [1.82, 2.24) is 0 Å². The highest BCUT2D eigenvalue weighted by Crippen LogP contribution is 2.47. The van der Waals surface area contributed by atoms with E-state index in [1.165, 1.54) is 6.07 Å². The van der Waals surface area contributed by atoms with Gasteiger partial charge in [0.25, 0.3) is 0 Å². The Bertz CT molecular complexity index is 614. The standard InChI is InChI=1S/C19H25F2NO2/c1-13-10-15(20)18(21)16(11-13)22-8-6-19(7-9-22)4-2-14(3-5-19)12-17(23)24/h10-11,14H,2-9,12H2,1H3,(H,23,24). The van der Waals surface area contributed by atoms with Crippen LogP contribution in [0, 0.1) is 29.9 Å². The molecule has 0 bridgehead atoms. The minimum Gasteiger partial charge on any atom is -0.481 e. The molecular weight excluding hydrogens is 312 g/mol. The van der Waals surface area contributed by atoms with Crippen molar-refractivity contribution in [3.63, 3.8) is 0 Å². The van der Waals surface area contributed by atoms with Gasteiger partial charge in [0, 0.05) is 19.5 Å². The molecule has 1 saturated heterocycles. The fraction of sp³-hybridized carbons (Fsp3) is 0.632. The molecule has 5 heteroatoms. The zero-order valence-corrected chi connectivity index (χ0v) is 14.2. The van der Waals surface area contributed by atoms with Crippen molar-refractivity contribution in [2.75, 3.05) is 18.0 Å². The number of piperidine rings is 1. The Morgan fingerprint density at radius 1 is 1.21 bits per heavy atom. The highest BCUT2D eigenvalue weighted by atomic mass is 19.2. The lowest BCUT2D eigenvalue weighted by molar-refractivity contribution is -0.138. The summed E-state index contributed by atoms with van der Waals surface area (Å²) in [6.07, 6.45) is 6.28. The molecule has 1 spiro atoms. The van der Waals surface area contributed by atoms with Gasteiger partial charge in [-0.3, -0.25) is 4.79 Å². The molecule has 1 aliphatic heterocycles. The van der Waals surface area contributed by atoms with Crippen molar-refractivity contribution in [2.45, 2.75) is 51.9 Å². The van der Waals surface area contributed by atoms with Crippen LogP contribution in [0.1, 0.15) is 50.5 Å². The van der Waals surface area contributed by atoms with Gasteiger partial charge in [-0.15, -0.1) is 0 Å². The van der Waals surface area contributed by atoms with Crippen LogP contribution in [-0.2, 0) is 4.79 Å². The van der Waals surface area contributed by atoms with Gasteiger partial charge in [-0.2, -0.15) is 0 Å². The topological polar surface area (TPSA) is 40.5 Å². The van der Waals surface area contributed by atoms with Crippen molar-refractivity contribution in [3.05, 3.63) is 29.3 Å². The van der Waals surface area contributed by atoms with E-state index in [1.807, 2.05) is 4.90 Å². The largest absolute Gasteiger partial charge is 0.481 e. The summed E-state index contributed by atoms with van der Waals surface area (Å²) in [5.74, 6) is -1.93. The number of hydrogen-bond donors (Lipinski definition) is 1. The van der Waals surface area contributed by atoms with Gasteiger partial charge in [-0.25, -0.2) is 8.78 Å². The highest BCUT2D eigenvalue weighted by Gasteiger charge is 2.38. The van der Waals surface area contributed by atoms with E-state index < -0.39 is 17.6 Å². The molecule has 2 aliphatic rings. The first-order valence-corrected chi connectivity index (χ1v) is 8.81. The third-order valence-electron chi connectivity index (χ3n) is 5.95. The van der Waals surface area contributed by atoms with Gasteiger partial charge in [0.15, 0.2) is 11.6 Å². The van der Waals surface area contributed by atoms with Crippen molar-refractivity contribution < 1.29 is 18.7 Å². The Morgan fingerprint density at radius 2 is 1.83 bits per heavy atom. The minimum absolute atomic E-state index is 0.268. The lowest BCUT2D eigenvalue weighted by Crippen LogP contribution is -2.42. The van der Waals surface area contributed by atoms with Gasteiger partial charge < -0.3 is 10.0 Å². The molecule has 132 valence electrons. The molecule has 24 heavy (non-hydrogen) atoms. The molecule has 1 N–H and O–H groups in total. The van der Waals surface area contributed by atoms with Gasteiger partial charge >= 0.3 is 5.97 Å². The predicted molar refractivity (Wildman–Crippen MR) is 89.2 cm³/mol. The third-order valence-corrected chi connectivity index (χ3v) is 5.95. The van der Waals surface area contributed by atoms with Gasteiger partial charge in [-0.1, -0.05) is 0 Å². The van der Waals surface area contributed by atoms with Crippen LogP contribution in [0.2, 0.25) is 0 Å². The Morgan fingerprint density at radius 3 is 2.42 bits per heavy atom. The summed E-state index contributed by atoms with van der Waals surface area (Å²) in [5, 5.41) is 8.93. The summed E-state index contributed by atoms with van der Waals surface area (Å²) >= 11 is 0. The molecule has 1 aromatic rings. The highest BCUT2D eigenvalue weighted by molar-refractivity contribution is 5.67. The van der Waals surface area contributed by atoms with Crippen molar-refractivity contribution in [2.24, 2.45) is 11.3 Å². The maximum atomic E-state index is 14.1. The molecule has 2 fully saturated rings. The molecule has 1 aliphatic carbocycles. The second-order valence-electron chi connectivity index (χ2n) is 7.61.